The first kappa shape index (κ1) is 25.3. The molecule has 4 aliphatic rings. The van der Waals surface area contributed by atoms with Gasteiger partial charge < -0.3 is 15.1 Å². The molecule has 0 amide bonds. The van der Waals surface area contributed by atoms with Gasteiger partial charge in [-0.1, -0.05) is 37.1 Å². The van der Waals surface area contributed by atoms with Crippen molar-refractivity contribution in [3.8, 4) is 0 Å². The van der Waals surface area contributed by atoms with Gasteiger partial charge >= 0.3 is 0 Å². The van der Waals surface area contributed by atoms with Gasteiger partial charge in [0.25, 0.3) is 0 Å². The van der Waals surface area contributed by atoms with Crippen molar-refractivity contribution in [2.75, 3.05) is 19.6 Å². The summed E-state index contributed by atoms with van der Waals surface area (Å²) in [7, 11) is 0. The van der Waals surface area contributed by atoms with Crippen LogP contribution in [0.5, 0.6) is 0 Å². The van der Waals surface area contributed by atoms with Crippen molar-refractivity contribution in [1.29, 1.82) is 0 Å². The fourth-order valence-corrected chi connectivity index (χ4v) is 7.78. The maximum atomic E-state index is 13.7. The highest BCUT2D eigenvalue weighted by Gasteiger charge is 2.50. The largest absolute Gasteiger partial charge is 0.393 e. The predicted molar refractivity (Wildman–Crippen MR) is 129 cm³/mol. The van der Waals surface area contributed by atoms with E-state index in [2.05, 4.69) is 30.9 Å². The maximum Gasteiger partial charge on any atom is 0.249 e. The van der Waals surface area contributed by atoms with Crippen LogP contribution in [0.2, 0.25) is 0 Å². The molecule has 0 aromatic carbocycles. The van der Waals surface area contributed by atoms with Crippen molar-refractivity contribution in [3.63, 3.8) is 0 Å². The van der Waals surface area contributed by atoms with Crippen LogP contribution in [0.3, 0.4) is 0 Å². The molecule has 3 saturated carbocycles. The Kier molecular flexibility index (Phi) is 7.72. The molecular formula is C28H45F2NO2. The summed E-state index contributed by atoms with van der Waals surface area (Å²) in [5, 5.41) is 20.0. The van der Waals surface area contributed by atoms with E-state index in [1.807, 2.05) is 0 Å². The second-order valence-electron chi connectivity index (χ2n) is 12.1. The average molecular weight is 466 g/mol. The Morgan fingerprint density at radius 2 is 1.88 bits per heavy atom. The molecule has 5 heteroatoms. The lowest BCUT2D eigenvalue weighted by atomic mass is 9.61. The summed E-state index contributed by atoms with van der Waals surface area (Å²) in [5.41, 5.74) is 3.07. The zero-order chi connectivity index (χ0) is 23.8. The molecular weight excluding hydrogens is 420 g/mol. The van der Waals surface area contributed by atoms with E-state index in [1.165, 1.54) is 31.3 Å². The molecule has 3 nitrogen and oxygen atoms in total. The second kappa shape index (κ2) is 10.1. The normalized spacial score (nSPS) is 40.3. The molecule has 4 rings (SSSR count). The van der Waals surface area contributed by atoms with E-state index in [1.54, 1.807) is 5.57 Å². The van der Waals surface area contributed by atoms with Crippen LogP contribution in [0.25, 0.3) is 0 Å². The Balaban J connectivity index is 1.36. The molecule has 33 heavy (non-hydrogen) atoms. The first-order valence-corrected chi connectivity index (χ1v) is 13.4. The van der Waals surface area contributed by atoms with Gasteiger partial charge in [0, 0.05) is 12.5 Å². The molecule has 188 valence electrons. The fraction of sp³-hybridized carbons (Fsp3) is 0.857. The smallest absolute Gasteiger partial charge is 0.249 e. The molecule has 3 aliphatic carbocycles. The second-order valence-corrected chi connectivity index (χ2v) is 12.1. The van der Waals surface area contributed by atoms with Crippen LogP contribution in [0.15, 0.2) is 23.3 Å². The molecule has 0 bridgehead atoms. The number of aliphatic hydroxyl groups excluding tert-OH is 2. The van der Waals surface area contributed by atoms with E-state index >= 15 is 0 Å². The third-order valence-corrected chi connectivity index (χ3v) is 9.69. The quantitative estimate of drug-likeness (QED) is 0.508. The molecule has 0 spiro atoms. The van der Waals surface area contributed by atoms with Crippen molar-refractivity contribution in [2.45, 2.75) is 103 Å². The van der Waals surface area contributed by atoms with Crippen LogP contribution in [-0.2, 0) is 0 Å². The summed E-state index contributed by atoms with van der Waals surface area (Å²) in [6.07, 6.45) is 13.5. The molecule has 7 atom stereocenters. The molecule has 1 saturated heterocycles. The van der Waals surface area contributed by atoms with Crippen molar-refractivity contribution in [2.24, 2.45) is 29.1 Å². The van der Waals surface area contributed by atoms with Crippen molar-refractivity contribution in [3.05, 3.63) is 23.3 Å². The molecule has 0 radical (unpaired) electrons. The van der Waals surface area contributed by atoms with Gasteiger partial charge in [0.1, 0.15) is 0 Å². The van der Waals surface area contributed by atoms with Gasteiger partial charge in [-0.05, 0) is 107 Å². The lowest BCUT2D eigenvalue weighted by Gasteiger charge is -2.44. The summed E-state index contributed by atoms with van der Waals surface area (Å²) < 4.78 is 27.4. The number of nitrogens with zero attached hydrogens (tertiary/aromatic N) is 1. The lowest BCUT2D eigenvalue weighted by molar-refractivity contribution is -0.0353. The number of likely N-dealkylation sites (tertiary alicyclic amines) is 1. The summed E-state index contributed by atoms with van der Waals surface area (Å²) in [6, 6.07) is 0. The zero-order valence-electron chi connectivity index (χ0n) is 20.9. The van der Waals surface area contributed by atoms with Gasteiger partial charge in [0.05, 0.1) is 12.2 Å². The van der Waals surface area contributed by atoms with E-state index in [-0.39, 0.29) is 0 Å². The minimum atomic E-state index is -2.56. The zero-order valence-corrected chi connectivity index (χ0v) is 20.9. The molecule has 2 N–H and O–H groups in total. The molecule has 0 aromatic heterocycles. The highest BCUT2D eigenvalue weighted by Crippen LogP contribution is 2.59. The van der Waals surface area contributed by atoms with Crippen LogP contribution in [0.1, 0.15) is 85.0 Å². The first-order valence-electron chi connectivity index (χ1n) is 13.4. The summed E-state index contributed by atoms with van der Waals surface area (Å²) in [5.74, 6) is -1.09. The number of hydrogen-bond acceptors (Lipinski definition) is 3. The molecule has 4 fully saturated rings. The van der Waals surface area contributed by atoms with Gasteiger partial charge in [0.15, 0.2) is 0 Å². The SMILES string of the molecule is C[C@H](CCN1CC[C@H](C(C)(F)F)C1)[C@H]1CC[C@H]2/C(=C/C=C3C[C@@H](O)C[C@H](O)C3)CCC[C@]12C. The predicted octanol–water partition coefficient (Wildman–Crippen LogP) is 5.96. The summed E-state index contributed by atoms with van der Waals surface area (Å²) in [4.78, 5) is 2.26. The average Bonchev–Trinajstić information content (AvgIpc) is 3.34. The van der Waals surface area contributed by atoms with E-state index in [0.717, 1.165) is 32.9 Å². The van der Waals surface area contributed by atoms with Crippen LogP contribution >= 0.6 is 0 Å². The Labute approximate surface area is 199 Å². The highest BCUT2D eigenvalue weighted by atomic mass is 19.3. The Hall–Kier alpha value is -0.780. The van der Waals surface area contributed by atoms with Crippen LogP contribution in [-0.4, -0.2) is 52.9 Å². The van der Waals surface area contributed by atoms with Gasteiger partial charge in [-0.25, -0.2) is 8.78 Å². The van der Waals surface area contributed by atoms with Crippen molar-refractivity contribution < 1.29 is 19.0 Å². The van der Waals surface area contributed by atoms with E-state index in [4.69, 9.17) is 0 Å². The number of aliphatic hydroxyl groups is 2. The summed E-state index contributed by atoms with van der Waals surface area (Å²) >= 11 is 0. The van der Waals surface area contributed by atoms with Gasteiger partial charge in [-0.3, -0.25) is 0 Å². The number of fused-ring (bicyclic) bond motifs is 1. The van der Waals surface area contributed by atoms with Crippen LogP contribution in [0, 0.1) is 29.1 Å². The number of halogens is 2. The van der Waals surface area contributed by atoms with E-state index in [9.17, 15) is 19.0 Å². The highest BCUT2D eigenvalue weighted by molar-refractivity contribution is 5.26. The van der Waals surface area contributed by atoms with Gasteiger partial charge in [0.2, 0.25) is 5.92 Å². The molecule has 0 aromatic rings. The van der Waals surface area contributed by atoms with Gasteiger partial charge in [-0.2, -0.15) is 0 Å². The standard InChI is InChI=1S/C28H45F2NO2/c1-19(10-13-31-14-11-22(18-31)28(3,29)30)25-8-9-26-21(5-4-12-27(25,26)2)7-6-20-15-23(32)17-24(33)16-20/h6-7,19,22-26,32-33H,4-5,8-18H2,1-3H3/b21-7+/t19-,22+,23-,24-,25-,26+,27-/m1/s1. The Morgan fingerprint density at radius 3 is 2.55 bits per heavy atom. The maximum absolute atomic E-state index is 13.7. The number of alkyl halides is 2. The molecule has 0 unspecified atom stereocenters. The van der Waals surface area contributed by atoms with Gasteiger partial charge in [-0.15, -0.1) is 0 Å². The minimum absolute atomic E-state index is 0.331. The van der Waals surface area contributed by atoms with Crippen LogP contribution in [0.4, 0.5) is 8.78 Å². The number of allylic oxidation sites excluding steroid dienone is 3. The lowest BCUT2D eigenvalue weighted by Crippen LogP contribution is -2.37. The minimum Gasteiger partial charge on any atom is -0.393 e. The fourth-order valence-electron chi connectivity index (χ4n) is 7.78. The summed E-state index contributed by atoms with van der Waals surface area (Å²) in [6.45, 7) is 8.28. The molecule has 1 heterocycles. The van der Waals surface area contributed by atoms with Crippen molar-refractivity contribution >= 4 is 0 Å². The number of rotatable bonds is 6. The Morgan fingerprint density at radius 1 is 1.15 bits per heavy atom. The Bertz CT molecular complexity index is 733. The first-order chi connectivity index (χ1) is 15.6. The monoisotopic (exact) mass is 465 g/mol. The van der Waals surface area contributed by atoms with Crippen molar-refractivity contribution in [1.82, 2.24) is 4.90 Å². The topological polar surface area (TPSA) is 43.7 Å². The number of hydrogen-bond donors (Lipinski definition) is 2. The van der Waals surface area contributed by atoms with E-state index < -0.39 is 24.0 Å². The van der Waals surface area contributed by atoms with E-state index in [0.29, 0.717) is 55.4 Å². The third kappa shape index (κ3) is 5.73. The third-order valence-electron chi connectivity index (χ3n) is 9.69. The van der Waals surface area contributed by atoms with Crippen LogP contribution < -0.4 is 0 Å². The molecule has 1 aliphatic heterocycles.